The number of nitrogens with zero attached hydrogens (tertiary/aromatic N) is 4. The average molecular weight is 363 g/mol. The fourth-order valence-electron chi connectivity index (χ4n) is 2.42. The van der Waals surface area contributed by atoms with Crippen LogP contribution in [0.4, 0.5) is 10.1 Å². The van der Waals surface area contributed by atoms with Crippen LogP contribution < -0.4 is 4.80 Å². The highest BCUT2D eigenvalue weighted by Crippen LogP contribution is 2.23. The highest BCUT2D eigenvalue weighted by atomic mass is 32.1. The fraction of sp³-hybridized carbons (Fsp3) is 0. The second-order valence-electron chi connectivity index (χ2n) is 5.39. The van der Waals surface area contributed by atoms with E-state index in [0.717, 1.165) is 5.69 Å². The maximum Gasteiger partial charge on any atom is 0.211 e. The second-order valence-corrected chi connectivity index (χ2v) is 6.22. The van der Waals surface area contributed by atoms with Gasteiger partial charge in [-0.15, -0.1) is 11.3 Å². The normalized spacial score (nSPS) is 12.1. The average Bonchev–Trinajstić information content (AvgIpc) is 3.31. The zero-order valence-corrected chi connectivity index (χ0v) is 14.4. The molecule has 4 aromatic rings. The van der Waals surface area contributed by atoms with Gasteiger partial charge in [0.2, 0.25) is 4.80 Å². The number of rotatable bonds is 4. The maximum atomic E-state index is 14.3. The Morgan fingerprint density at radius 2 is 2.04 bits per heavy atom. The van der Waals surface area contributed by atoms with Gasteiger partial charge in [0.1, 0.15) is 5.82 Å². The number of aromatic amines is 1. The largest absolute Gasteiger partial charge is 0.360 e. The van der Waals surface area contributed by atoms with Crippen LogP contribution in [0.5, 0.6) is 0 Å². The lowest BCUT2D eigenvalue weighted by Crippen LogP contribution is -2.12. The Balaban J connectivity index is 1.88. The molecule has 1 aromatic carbocycles. The number of hydrogen-bond acceptors (Lipinski definition) is 4. The van der Waals surface area contributed by atoms with Crippen molar-refractivity contribution in [2.75, 3.05) is 0 Å². The number of aromatic nitrogens is 3. The summed E-state index contributed by atoms with van der Waals surface area (Å²) in [5, 5.41) is 6.36. The summed E-state index contributed by atoms with van der Waals surface area (Å²) >= 11 is 1.39. The molecule has 26 heavy (non-hydrogen) atoms. The summed E-state index contributed by atoms with van der Waals surface area (Å²) in [6.45, 7) is 0. The Morgan fingerprint density at radius 1 is 1.12 bits per heavy atom. The molecule has 5 nitrogen and oxygen atoms in total. The fourth-order valence-corrected chi connectivity index (χ4v) is 3.27. The van der Waals surface area contributed by atoms with Crippen molar-refractivity contribution in [3.63, 3.8) is 0 Å². The first kappa shape index (κ1) is 16.2. The van der Waals surface area contributed by atoms with E-state index >= 15 is 0 Å². The quantitative estimate of drug-likeness (QED) is 0.543. The van der Waals surface area contributed by atoms with Gasteiger partial charge in [0.25, 0.3) is 0 Å². The Kier molecular flexibility index (Phi) is 4.53. The topological polar surface area (TPSA) is 58.3 Å². The van der Waals surface area contributed by atoms with Gasteiger partial charge in [-0.1, -0.05) is 12.1 Å². The summed E-state index contributed by atoms with van der Waals surface area (Å²) in [5.74, 6) is -0.304. The molecule has 3 heterocycles. The Morgan fingerprint density at radius 3 is 2.81 bits per heavy atom. The standard InChI is InChI=1S/C19H14FN5S/c20-17-8-2-1-7-16(17)18-13-26-19(24-15-6-3-9-21-11-15)25(18)23-12-14-5-4-10-22-14/h1-13,22H. The van der Waals surface area contributed by atoms with E-state index in [2.05, 4.69) is 20.1 Å². The molecule has 0 saturated heterocycles. The number of nitrogens with one attached hydrogen (secondary N) is 1. The van der Waals surface area contributed by atoms with Gasteiger partial charge >= 0.3 is 0 Å². The van der Waals surface area contributed by atoms with Crippen molar-refractivity contribution in [1.29, 1.82) is 0 Å². The summed E-state index contributed by atoms with van der Waals surface area (Å²) in [6, 6.07) is 14.1. The molecular formula is C19H14FN5S. The molecule has 0 amide bonds. The number of pyridine rings is 1. The van der Waals surface area contributed by atoms with Crippen molar-refractivity contribution >= 4 is 23.2 Å². The van der Waals surface area contributed by atoms with E-state index in [9.17, 15) is 4.39 Å². The molecule has 4 rings (SSSR count). The van der Waals surface area contributed by atoms with Gasteiger partial charge in [0.15, 0.2) is 0 Å². The highest BCUT2D eigenvalue weighted by molar-refractivity contribution is 7.07. The number of halogens is 1. The van der Waals surface area contributed by atoms with E-state index in [-0.39, 0.29) is 5.82 Å². The molecule has 0 spiro atoms. The highest BCUT2D eigenvalue weighted by Gasteiger charge is 2.11. The Bertz CT molecular complexity index is 1090. The van der Waals surface area contributed by atoms with Crippen LogP contribution in [0.1, 0.15) is 5.69 Å². The molecule has 1 N–H and O–H groups in total. The van der Waals surface area contributed by atoms with E-state index in [1.165, 1.54) is 17.4 Å². The third-order valence-electron chi connectivity index (χ3n) is 3.64. The molecule has 0 saturated carbocycles. The molecule has 0 aliphatic rings. The predicted octanol–water partition coefficient (Wildman–Crippen LogP) is 4.19. The third kappa shape index (κ3) is 3.38. The van der Waals surface area contributed by atoms with Crippen molar-refractivity contribution in [2.24, 2.45) is 10.1 Å². The monoisotopic (exact) mass is 363 g/mol. The molecule has 0 aliphatic carbocycles. The van der Waals surface area contributed by atoms with Gasteiger partial charge in [-0.05, 0) is 36.4 Å². The summed E-state index contributed by atoms with van der Waals surface area (Å²) in [7, 11) is 0. The minimum atomic E-state index is -0.304. The minimum absolute atomic E-state index is 0.304. The summed E-state index contributed by atoms with van der Waals surface area (Å²) in [5.41, 5.74) is 2.66. The van der Waals surface area contributed by atoms with E-state index in [0.29, 0.717) is 21.7 Å². The molecule has 0 atom stereocenters. The van der Waals surface area contributed by atoms with Gasteiger partial charge < -0.3 is 4.98 Å². The molecule has 0 aliphatic heterocycles. The van der Waals surface area contributed by atoms with Crippen LogP contribution in [-0.4, -0.2) is 20.9 Å². The number of thiazole rings is 1. The lowest BCUT2D eigenvalue weighted by atomic mass is 10.1. The van der Waals surface area contributed by atoms with E-state index in [1.54, 1.807) is 41.5 Å². The lowest BCUT2D eigenvalue weighted by molar-refractivity contribution is 0.629. The summed E-state index contributed by atoms with van der Waals surface area (Å²) in [4.78, 5) is 12.4. The Hall–Kier alpha value is -3.32. The van der Waals surface area contributed by atoms with Gasteiger partial charge in [-0.3, -0.25) is 4.98 Å². The van der Waals surface area contributed by atoms with Gasteiger partial charge in [-0.25, -0.2) is 14.1 Å². The van der Waals surface area contributed by atoms with E-state index in [4.69, 9.17) is 0 Å². The van der Waals surface area contributed by atoms with Crippen LogP contribution in [-0.2, 0) is 0 Å². The second kappa shape index (κ2) is 7.28. The van der Waals surface area contributed by atoms with E-state index in [1.807, 2.05) is 35.8 Å². The number of hydrogen-bond donors (Lipinski definition) is 1. The predicted molar refractivity (Wildman–Crippen MR) is 101 cm³/mol. The van der Waals surface area contributed by atoms with Crippen molar-refractivity contribution in [2.45, 2.75) is 0 Å². The van der Waals surface area contributed by atoms with Gasteiger partial charge in [0.05, 0.1) is 29.5 Å². The number of benzene rings is 1. The summed E-state index contributed by atoms with van der Waals surface area (Å²) < 4.78 is 15.9. The molecule has 0 fully saturated rings. The van der Waals surface area contributed by atoms with Crippen molar-refractivity contribution in [3.8, 4) is 11.3 Å². The van der Waals surface area contributed by atoms with Crippen molar-refractivity contribution < 1.29 is 4.39 Å². The molecule has 3 aromatic heterocycles. The van der Waals surface area contributed by atoms with Gasteiger partial charge in [0, 0.05) is 23.3 Å². The first-order valence-electron chi connectivity index (χ1n) is 7.89. The molecule has 7 heteroatoms. The Labute approximate surface area is 152 Å². The summed E-state index contributed by atoms with van der Waals surface area (Å²) in [6.07, 6.45) is 6.86. The SMILES string of the molecule is Fc1ccccc1-c1csc(=Nc2cccnc2)n1N=Cc1ccc[nH]1. The maximum absolute atomic E-state index is 14.3. The molecular weight excluding hydrogens is 349 g/mol. The zero-order valence-electron chi connectivity index (χ0n) is 13.6. The van der Waals surface area contributed by atoms with Crippen LogP contribution >= 0.6 is 11.3 Å². The molecule has 0 unspecified atom stereocenters. The van der Waals surface area contributed by atoms with Crippen LogP contribution in [0.15, 0.2) is 82.6 Å². The molecule has 0 radical (unpaired) electrons. The van der Waals surface area contributed by atoms with Crippen molar-refractivity contribution in [1.82, 2.24) is 14.6 Å². The lowest BCUT2D eigenvalue weighted by Gasteiger charge is -2.04. The van der Waals surface area contributed by atoms with Crippen molar-refractivity contribution in [3.05, 3.63) is 88.8 Å². The van der Waals surface area contributed by atoms with Crippen LogP contribution in [0.2, 0.25) is 0 Å². The smallest absolute Gasteiger partial charge is 0.211 e. The zero-order chi connectivity index (χ0) is 17.8. The minimum Gasteiger partial charge on any atom is -0.360 e. The van der Waals surface area contributed by atoms with E-state index < -0.39 is 0 Å². The van der Waals surface area contributed by atoms with Gasteiger partial charge in [-0.2, -0.15) is 5.10 Å². The first-order valence-corrected chi connectivity index (χ1v) is 8.77. The molecule has 0 bridgehead atoms. The van der Waals surface area contributed by atoms with Crippen LogP contribution in [0.3, 0.4) is 0 Å². The molecule has 128 valence electrons. The van der Waals surface area contributed by atoms with Crippen LogP contribution in [0, 0.1) is 5.82 Å². The first-order chi connectivity index (χ1) is 12.8. The number of H-pyrrole nitrogens is 1. The van der Waals surface area contributed by atoms with Crippen LogP contribution in [0.25, 0.3) is 11.3 Å². The third-order valence-corrected chi connectivity index (χ3v) is 4.46.